The molecule has 0 amide bonds. The average Bonchev–Trinajstić information content (AvgIpc) is 3.71. The summed E-state index contributed by atoms with van der Waals surface area (Å²) < 4.78 is 8.86. The van der Waals surface area contributed by atoms with Gasteiger partial charge in [0, 0.05) is 38.3 Å². The maximum absolute atomic E-state index is 6.51. The van der Waals surface area contributed by atoms with E-state index in [4.69, 9.17) is 4.42 Å². The normalized spacial score (nSPS) is 11.7. The van der Waals surface area contributed by atoms with Crippen LogP contribution in [0.5, 0.6) is 0 Å². The van der Waals surface area contributed by atoms with Gasteiger partial charge in [0.2, 0.25) is 0 Å². The molecule has 8 aromatic carbocycles. The number of fused-ring (bicyclic) bond motifs is 7. The van der Waals surface area contributed by atoms with Gasteiger partial charge in [0.25, 0.3) is 0 Å². The number of benzene rings is 8. The van der Waals surface area contributed by atoms with E-state index < -0.39 is 0 Å². The van der Waals surface area contributed by atoms with Gasteiger partial charge in [0.05, 0.1) is 22.4 Å². The summed E-state index contributed by atoms with van der Waals surface area (Å²) in [4.78, 5) is 2.37. The van der Waals surface area contributed by atoms with Crippen molar-refractivity contribution in [1.82, 2.24) is 4.57 Å². The Hall–Kier alpha value is -6.58. The maximum Gasteiger partial charge on any atom is 0.159 e. The Balaban J connectivity index is 1.15. The van der Waals surface area contributed by atoms with Gasteiger partial charge < -0.3 is 13.9 Å². The molecule has 0 saturated carbocycles. The summed E-state index contributed by atoms with van der Waals surface area (Å²) in [6.45, 7) is 0. The topological polar surface area (TPSA) is 21.3 Å². The molecule has 0 bridgehead atoms. The minimum Gasteiger partial charge on any atom is -0.454 e. The van der Waals surface area contributed by atoms with Crippen LogP contribution in [0.1, 0.15) is 0 Å². The lowest BCUT2D eigenvalue weighted by atomic mass is 10.0. The summed E-state index contributed by atoms with van der Waals surface area (Å²) in [6, 6.07) is 64.9. The first kappa shape index (κ1) is 27.5. The highest BCUT2D eigenvalue weighted by Crippen LogP contribution is 2.42. The number of anilines is 3. The van der Waals surface area contributed by atoms with E-state index in [0.717, 1.165) is 61.3 Å². The first-order valence-corrected chi connectivity index (χ1v) is 16.7. The molecule has 0 aliphatic carbocycles. The number of furan rings is 1. The van der Waals surface area contributed by atoms with E-state index in [2.05, 4.69) is 179 Å². The van der Waals surface area contributed by atoms with E-state index in [9.17, 15) is 0 Å². The van der Waals surface area contributed by atoms with Gasteiger partial charge in [-0.05, 0) is 77.2 Å². The number of aromatic nitrogens is 1. The third-order valence-electron chi connectivity index (χ3n) is 9.76. The van der Waals surface area contributed by atoms with E-state index >= 15 is 0 Å². The molecule has 10 aromatic rings. The Labute approximate surface area is 283 Å². The van der Waals surface area contributed by atoms with Crippen molar-refractivity contribution in [3.63, 3.8) is 0 Å². The molecular formula is C46H30N2O. The molecule has 0 unspecified atom stereocenters. The molecule has 0 atom stereocenters. The molecule has 230 valence electrons. The van der Waals surface area contributed by atoms with E-state index in [0.29, 0.717) is 0 Å². The first-order valence-electron chi connectivity index (χ1n) is 16.7. The maximum atomic E-state index is 6.51. The van der Waals surface area contributed by atoms with Gasteiger partial charge in [0.1, 0.15) is 5.58 Å². The van der Waals surface area contributed by atoms with Gasteiger partial charge in [-0.3, -0.25) is 0 Å². The van der Waals surface area contributed by atoms with Crippen molar-refractivity contribution in [2.24, 2.45) is 0 Å². The van der Waals surface area contributed by atoms with Gasteiger partial charge in [0.15, 0.2) is 5.58 Å². The lowest BCUT2D eigenvalue weighted by Crippen LogP contribution is -2.10. The van der Waals surface area contributed by atoms with Crippen molar-refractivity contribution in [2.75, 3.05) is 4.90 Å². The Morgan fingerprint density at radius 1 is 0.408 bits per heavy atom. The highest BCUT2D eigenvalue weighted by atomic mass is 16.3. The van der Waals surface area contributed by atoms with Crippen LogP contribution in [0, 0.1) is 0 Å². The van der Waals surface area contributed by atoms with Crippen molar-refractivity contribution in [3.05, 3.63) is 182 Å². The number of para-hydroxylation sites is 4. The van der Waals surface area contributed by atoms with Crippen molar-refractivity contribution in [3.8, 4) is 16.8 Å². The summed E-state index contributed by atoms with van der Waals surface area (Å²) in [5.41, 5.74) is 10.9. The van der Waals surface area contributed by atoms with Crippen LogP contribution in [-0.2, 0) is 0 Å². The molecule has 3 nitrogen and oxygen atoms in total. The molecule has 49 heavy (non-hydrogen) atoms. The zero-order valence-corrected chi connectivity index (χ0v) is 26.6. The van der Waals surface area contributed by atoms with Crippen molar-refractivity contribution < 1.29 is 4.42 Å². The van der Waals surface area contributed by atoms with Crippen molar-refractivity contribution >= 4 is 71.6 Å². The molecule has 0 spiro atoms. The van der Waals surface area contributed by atoms with Crippen LogP contribution in [-0.4, -0.2) is 4.57 Å². The van der Waals surface area contributed by atoms with E-state index in [1.54, 1.807) is 0 Å². The molecule has 0 N–H and O–H groups in total. The standard InChI is InChI=1S/C46H30N2O/c1-2-16-34(17-3-1)47(41-24-11-14-31-13-4-5-19-36(31)41)35-18-10-15-32(29-35)33-27-28-43-40(30-33)37-20-6-8-23-42(37)48(43)44-25-12-22-39-38-21-7-9-26-45(38)49-46(39)44/h1-30H. The van der Waals surface area contributed by atoms with Crippen LogP contribution in [0.4, 0.5) is 17.1 Å². The Kier molecular flexibility index (Phi) is 6.18. The van der Waals surface area contributed by atoms with Crippen LogP contribution in [0.2, 0.25) is 0 Å². The lowest BCUT2D eigenvalue weighted by Gasteiger charge is -2.27. The number of nitrogens with zero attached hydrogens (tertiary/aromatic N) is 2. The summed E-state index contributed by atoms with van der Waals surface area (Å²) in [6.07, 6.45) is 0. The molecule has 2 heterocycles. The monoisotopic (exact) mass is 626 g/mol. The fraction of sp³-hybridized carbons (Fsp3) is 0. The largest absolute Gasteiger partial charge is 0.454 e. The zero-order valence-electron chi connectivity index (χ0n) is 26.6. The van der Waals surface area contributed by atoms with Gasteiger partial charge in [-0.25, -0.2) is 0 Å². The molecule has 10 rings (SSSR count). The van der Waals surface area contributed by atoms with Gasteiger partial charge in [-0.15, -0.1) is 0 Å². The fourth-order valence-electron chi connectivity index (χ4n) is 7.55. The predicted molar refractivity (Wildman–Crippen MR) is 206 cm³/mol. The zero-order chi connectivity index (χ0) is 32.3. The quantitative estimate of drug-likeness (QED) is 0.190. The lowest BCUT2D eigenvalue weighted by molar-refractivity contribution is 0.666. The summed E-state index contributed by atoms with van der Waals surface area (Å²) >= 11 is 0. The van der Waals surface area contributed by atoms with Crippen LogP contribution in [0.25, 0.3) is 71.3 Å². The smallest absolute Gasteiger partial charge is 0.159 e. The SMILES string of the molecule is c1ccc(N(c2cccc(-c3ccc4c(c3)c3ccccc3n4-c3cccc4c3oc3ccccc34)c2)c2cccc3ccccc23)cc1. The summed E-state index contributed by atoms with van der Waals surface area (Å²) in [5.74, 6) is 0. The molecule has 3 heteroatoms. The second kappa shape index (κ2) is 11.0. The second-order valence-corrected chi connectivity index (χ2v) is 12.6. The Bertz CT molecular complexity index is 2840. The third-order valence-corrected chi connectivity index (χ3v) is 9.76. The fourth-order valence-corrected chi connectivity index (χ4v) is 7.55. The summed E-state index contributed by atoms with van der Waals surface area (Å²) in [7, 11) is 0. The molecule has 2 aromatic heterocycles. The van der Waals surface area contributed by atoms with E-state index in [1.165, 1.54) is 27.1 Å². The van der Waals surface area contributed by atoms with Gasteiger partial charge >= 0.3 is 0 Å². The molecule has 0 aliphatic heterocycles. The molecular weight excluding hydrogens is 597 g/mol. The highest BCUT2D eigenvalue weighted by Gasteiger charge is 2.19. The second-order valence-electron chi connectivity index (χ2n) is 12.6. The number of hydrogen-bond donors (Lipinski definition) is 0. The van der Waals surface area contributed by atoms with Crippen LogP contribution in [0.15, 0.2) is 186 Å². The third kappa shape index (κ3) is 4.37. The highest BCUT2D eigenvalue weighted by molar-refractivity contribution is 6.13. The molecule has 0 aliphatic rings. The van der Waals surface area contributed by atoms with E-state index in [1.807, 2.05) is 12.1 Å². The molecule has 0 radical (unpaired) electrons. The number of rotatable bonds is 5. The first-order chi connectivity index (χ1) is 24.3. The molecule has 0 fully saturated rings. The summed E-state index contributed by atoms with van der Waals surface area (Å²) in [5, 5.41) is 7.12. The van der Waals surface area contributed by atoms with Crippen LogP contribution >= 0.6 is 0 Å². The van der Waals surface area contributed by atoms with Crippen molar-refractivity contribution in [2.45, 2.75) is 0 Å². The van der Waals surface area contributed by atoms with Crippen LogP contribution < -0.4 is 4.90 Å². The van der Waals surface area contributed by atoms with Gasteiger partial charge in [-0.1, -0.05) is 121 Å². The predicted octanol–water partition coefficient (Wildman–Crippen LogP) is 13.0. The average molecular weight is 627 g/mol. The Morgan fingerprint density at radius 2 is 1.06 bits per heavy atom. The van der Waals surface area contributed by atoms with Crippen molar-refractivity contribution in [1.29, 1.82) is 0 Å². The number of hydrogen-bond acceptors (Lipinski definition) is 2. The van der Waals surface area contributed by atoms with Crippen LogP contribution in [0.3, 0.4) is 0 Å². The molecule has 0 saturated heterocycles. The van der Waals surface area contributed by atoms with Gasteiger partial charge in [-0.2, -0.15) is 0 Å². The van der Waals surface area contributed by atoms with E-state index in [-0.39, 0.29) is 0 Å². The minimum atomic E-state index is 0.901. The minimum absolute atomic E-state index is 0.901. The Morgan fingerprint density at radius 3 is 1.98 bits per heavy atom.